The van der Waals surface area contributed by atoms with E-state index in [0.717, 1.165) is 24.3 Å². The van der Waals surface area contributed by atoms with Crippen LogP contribution >= 0.6 is 0 Å². The second-order valence-electron chi connectivity index (χ2n) is 4.30. The van der Waals surface area contributed by atoms with Crippen LogP contribution < -0.4 is 10.5 Å². The van der Waals surface area contributed by atoms with Crippen LogP contribution in [0.1, 0.15) is 38.4 Å². The smallest absolute Gasteiger partial charge is 0.161 e. The minimum atomic E-state index is 0.00912. The van der Waals surface area contributed by atoms with Crippen molar-refractivity contribution in [2.45, 2.75) is 32.7 Å². The van der Waals surface area contributed by atoms with Crippen LogP contribution in [-0.4, -0.2) is 16.9 Å². The highest BCUT2D eigenvalue weighted by Crippen LogP contribution is 2.26. The van der Waals surface area contributed by atoms with Gasteiger partial charge in [-0.25, -0.2) is 0 Å². The van der Waals surface area contributed by atoms with E-state index in [0.29, 0.717) is 5.92 Å². The van der Waals surface area contributed by atoms with Gasteiger partial charge in [0.15, 0.2) is 5.75 Å². The average molecular weight is 211 g/mol. The third-order valence-electron chi connectivity index (χ3n) is 2.58. The minimum absolute atomic E-state index is 0.00912. The highest BCUT2D eigenvalue weighted by Gasteiger charge is 2.16. The van der Waals surface area contributed by atoms with E-state index >= 15 is 0 Å². The fraction of sp³-hybridized carbons (Fsp3) is 0.727. The molecule has 0 aliphatic heterocycles. The molecular formula is C11H21N3O. The van der Waals surface area contributed by atoms with Crippen molar-refractivity contribution in [2.75, 3.05) is 7.11 Å². The van der Waals surface area contributed by atoms with E-state index in [1.807, 2.05) is 7.05 Å². The molecule has 0 aromatic carbocycles. The summed E-state index contributed by atoms with van der Waals surface area (Å²) in [5, 5.41) is 4.15. The lowest BCUT2D eigenvalue weighted by Gasteiger charge is -2.14. The van der Waals surface area contributed by atoms with Gasteiger partial charge in [-0.2, -0.15) is 5.10 Å². The SMILES string of the molecule is COc1cnn(C)c1C(N)CCC(C)C. The van der Waals surface area contributed by atoms with Crippen molar-refractivity contribution >= 4 is 0 Å². The molecule has 0 saturated heterocycles. The lowest BCUT2D eigenvalue weighted by Crippen LogP contribution is -2.16. The first kappa shape index (κ1) is 12.0. The van der Waals surface area contributed by atoms with Crippen LogP contribution in [0.5, 0.6) is 5.75 Å². The van der Waals surface area contributed by atoms with E-state index in [1.54, 1.807) is 18.0 Å². The predicted octanol–water partition coefficient (Wildman–Crippen LogP) is 1.86. The molecule has 15 heavy (non-hydrogen) atoms. The molecular weight excluding hydrogens is 190 g/mol. The number of aryl methyl sites for hydroxylation is 1. The molecule has 1 heterocycles. The fourth-order valence-electron chi connectivity index (χ4n) is 1.66. The quantitative estimate of drug-likeness (QED) is 0.809. The van der Waals surface area contributed by atoms with Crippen molar-refractivity contribution < 1.29 is 4.74 Å². The van der Waals surface area contributed by atoms with E-state index in [4.69, 9.17) is 10.5 Å². The molecule has 4 heteroatoms. The number of ether oxygens (including phenoxy) is 1. The number of hydrogen-bond donors (Lipinski definition) is 1. The van der Waals surface area contributed by atoms with Crippen molar-refractivity contribution in [3.63, 3.8) is 0 Å². The molecule has 0 radical (unpaired) electrons. The van der Waals surface area contributed by atoms with Gasteiger partial charge in [-0.15, -0.1) is 0 Å². The van der Waals surface area contributed by atoms with Gasteiger partial charge in [0.05, 0.1) is 25.0 Å². The van der Waals surface area contributed by atoms with E-state index in [9.17, 15) is 0 Å². The van der Waals surface area contributed by atoms with E-state index in [2.05, 4.69) is 18.9 Å². The summed E-state index contributed by atoms with van der Waals surface area (Å²) in [5.74, 6) is 1.46. The Balaban J connectivity index is 2.71. The maximum absolute atomic E-state index is 6.12. The number of aromatic nitrogens is 2. The number of rotatable bonds is 5. The molecule has 4 nitrogen and oxygen atoms in total. The van der Waals surface area contributed by atoms with E-state index < -0.39 is 0 Å². The van der Waals surface area contributed by atoms with Gasteiger partial charge >= 0.3 is 0 Å². The Hall–Kier alpha value is -1.03. The van der Waals surface area contributed by atoms with Gasteiger partial charge < -0.3 is 10.5 Å². The Bertz CT molecular complexity index is 307. The van der Waals surface area contributed by atoms with Gasteiger partial charge in [0.25, 0.3) is 0 Å². The molecule has 0 bridgehead atoms. The number of nitrogens with two attached hydrogens (primary N) is 1. The van der Waals surface area contributed by atoms with Crippen LogP contribution in [0.25, 0.3) is 0 Å². The summed E-state index contributed by atoms with van der Waals surface area (Å²) in [7, 11) is 3.54. The maximum Gasteiger partial charge on any atom is 0.161 e. The van der Waals surface area contributed by atoms with Crippen molar-refractivity contribution in [3.05, 3.63) is 11.9 Å². The van der Waals surface area contributed by atoms with Gasteiger partial charge in [0.2, 0.25) is 0 Å². The maximum atomic E-state index is 6.12. The molecule has 0 aliphatic carbocycles. The lowest BCUT2D eigenvalue weighted by molar-refractivity contribution is 0.397. The summed E-state index contributed by atoms with van der Waals surface area (Å²) in [6.07, 6.45) is 3.80. The Morgan fingerprint density at radius 1 is 1.47 bits per heavy atom. The van der Waals surface area contributed by atoms with E-state index in [-0.39, 0.29) is 6.04 Å². The zero-order chi connectivity index (χ0) is 11.4. The molecule has 2 N–H and O–H groups in total. The van der Waals surface area contributed by atoms with Crippen LogP contribution in [0.15, 0.2) is 6.20 Å². The van der Waals surface area contributed by atoms with Crippen molar-refractivity contribution in [3.8, 4) is 5.75 Å². The zero-order valence-electron chi connectivity index (χ0n) is 10.0. The van der Waals surface area contributed by atoms with Crippen LogP contribution in [0, 0.1) is 5.92 Å². The summed E-state index contributed by atoms with van der Waals surface area (Å²) in [6, 6.07) is 0.00912. The van der Waals surface area contributed by atoms with Gasteiger partial charge in [-0.3, -0.25) is 4.68 Å². The third-order valence-corrected chi connectivity index (χ3v) is 2.58. The Labute approximate surface area is 91.4 Å². The average Bonchev–Trinajstić information content (AvgIpc) is 2.56. The van der Waals surface area contributed by atoms with Crippen LogP contribution in [0.4, 0.5) is 0 Å². The van der Waals surface area contributed by atoms with Crippen molar-refractivity contribution in [2.24, 2.45) is 18.7 Å². The monoisotopic (exact) mass is 211 g/mol. The third kappa shape index (κ3) is 2.96. The number of nitrogens with zero attached hydrogens (tertiary/aromatic N) is 2. The largest absolute Gasteiger partial charge is 0.493 e. The molecule has 0 saturated carbocycles. The molecule has 1 unspecified atom stereocenters. The Morgan fingerprint density at radius 3 is 2.67 bits per heavy atom. The van der Waals surface area contributed by atoms with Gasteiger partial charge in [-0.05, 0) is 18.8 Å². The van der Waals surface area contributed by atoms with Crippen molar-refractivity contribution in [1.82, 2.24) is 9.78 Å². The normalized spacial score (nSPS) is 13.2. The second-order valence-corrected chi connectivity index (χ2v) is 4.30. The highest BCUT2D eigenvalue weighted by atomic mass is 16.5. The van der Waals surface area contributed by atoms with Gasteiger partial charge in [0, 0.05) is 7.05 Å². The van der Waals surface area contributed by atoms with Crippen LogP contribution in [0.2, 0.25) is 0 Å². The molecule has 1 aromatic rings. The summed E-state index contributed by atoms with van der Waals surface area (Å²) in [4.78, 5) is 0. The number of hydrogen-bond acceptors (Lipinski definition) is 3. The molecule has 86 valence electrons. The van der Waals surface area contributed by atoms with Crippen molar-refractivity contribution in [1.29, 1.82) is 0 Å². The number of methoxy groups -OCH3 is 1. The minimum Gasteiger partial charge on any atom is -0.493 e. The Morgan fingerprint density at radius 2 is 2.13 bits per heavy atom. The summed E-state index contributed by atoms with van der Waals surface area (Å²) in [5.41, 5.74) is 7.11. The second kappa shape index (κ2) is 5.16. The Kier molecular flexibility index (Phi) is 4.15. The first-order valence-corrected chi connectivity index (χ1v) is 5.37. The highest BCUT2D eigenvalue weighted by molar-refractivity contribution is 5.27. The zero-order valence-corrected chi connectivity index (χ0v) is 10.0. The van der Waals surface area contributed by atoms with Gasteiger partial charge in [-0.1, -0.05) is 13.8 Å². The molecule has 1 rings (SSSR count). The summed E-state index contributed by atoms with van der Waals surface area (Å²) in [6.45, 7) is 4.40. The molecule has 0 amide bonds. The molecule has 1 atom stereocenters. The predicted molar refractivity (Wildman–Crippen MR) is 60.8 cm³/mol. The van der Waals surface area contributed by atoms with Crippen LogP contribution in [0.3, 0.4) is 0 Å². The first-order valence-electron chi connectivity index (χ1n) is 5.37. The van der Waals surface area contributed by atoms with Crippen LogP contribution in [-0.2, 0) is 7.05 Å². The van der Waals surface area contributed by atoms with Gasteiger partial charge in [0.1, 0.15) is 0 Å². The molecule has 0 aliphatic rings. The topological polar surface area (TPSA) is 53.1 Å². The standard InChI is InChI=1S/C11H21N3O/c1-8(2)5-6-9(12)11-10(15-4)7-13-14(11)3/h7-9H,5-6,12H2,1-4H3. The first-order chi connectivity index (χ1) is 7.06. The molecule has 1 aromatic heterocycles. The fourth-order valence-corrected chi connectivity index (χ4v) is 1.66. The molecule has 0 spiro atoms. The summed E-state index contributed by atoms with van der Waals surface area (Å²) >= 11 is 0. The van der Waals surface area contributed by atoms with E-state index in [1.165, 1.54) is 0 Å². The molecule has 0 fully saturated rings. The summed E-state index contributed by atoms with van der Waals surface area (Å²) < 4.78 is 7.03. The lowest BCUT2D eigenvalue weighted by atomic mass is 10.0.